The van der Waals surface area contributed by atoms with E-state index in [2.05, 4.69) is 19.7 Å². The van der Waals surface area contributed by atoms with E-state index in [1.165, 1.54) is 12.8 Å². The first-order chi connectivity index (χ1) is 11.3. The zero-order valence-electron chi connectivity index (χ0n) is 13.2. The van der Waals surface area contributed by atoms with E-state index in [1.807, 2.05) is 24.3 Å². The number of nitrogens with zero attached hydrogens (tertiary/aromatic N) is 4. The predicted octanol–water partition coefficient (Wildman–Crippen LogP) is 3.65. The summed E-state index contributed by atoms with van der Waals surface area (Å²) in [5.74, 6) is 1.83. The summed E-state index contributed by atoms with van der Waals surface area (Å²) in [7, 11) is 1.72. The largest absolute Gasteiger partial charge is 0.385 e. The summed E-state index contributed by atoms with van der Waals surface area (Å²) in [4.78, 5) is 2.29. The average molecular weight is 353 g/mol. The quantitative estimate of drug-likeness (QED) is 0.562. The number of benzene rings is 1. The lowest BCUT2D eigenvalue weighted by Crippen LogP contribution is -2.22. The standard InChI is InChI=1S/C16H21ClN4OS/c1-22-11-6-12-23-16-19-18-15(20-9-4-5-10-20)21(16)14-8-3-2-7-13(14)17/h2-3,7-8H,4-6,9-12H2,1H3. The maximum absolute atomic E-state index is 6.43. The van der Waals surface area contributed by atoms with Gasteiger partial charge in [-0.05, 0) is 31.4 Å². The molecule has 0 bridgehead atoms. The SMILES string of the molecule is COCCCSc1nnc(N2CCCC2)n1-c1ccccc1Cl. The molecule has 0 N–H and O–H groups in total. The summed E-state index contributed by atoms with van der Waals surface area (Å²) in [6.07, 6.45) is 3.38. The van der Waals surface area contributed by atoms with Gasteiger partial charge >= 0.3 is 0 Å². The Labute approximate surface area is 146 Å². The second kappa shape index (κ2) is 8.04. The third-order valence-electron chi connectivity index (χ3n) is 3.82. The summed E-state index contributed by atoms with van der Waals surface area (Å²) >= 11 is 8.12. The van der Waals surface area contributed by atoms with Crippen LogP contribution in [0.25, 0.3) is 5.69 Å². The molecule has 1 saturated heterocycles. The number of rotatable bonds is 7. The molecule has 2 heterocycles. The fourth-order valence-electron chi connectivity index (χ4n) is 2.69. The minimum Gasteiger partial charge on any atom is -0.385 e. The second-order valence-electron chi connectivity index (χ2n) is 5.46. The highest BCUT2D eigenvalue weighted by atomic mass is 35.5. The van der Waals surface area contributed by atoms with E-state index in [1.54, 1.807) is 18.9 Å². The molecule has 1 fully saturated rings. The van der Waals surface area contributed by atoms with Gasteiger partial charge in [-0.3, -0.25) is 4.57 Å². The summed E-state index contributed by atoms with van der Waals surface area (Å²) in [5, 5.41) is 10.5. The van der Waals surface area contributed by atoms with Gasteiger partial charge in [-0.15, -0.1) is 10.2 Å². The van der Waals surface area contributed by atoms with E-state index < -0.39 is 0 Å². The minimum absolute atomic E-state index is 0.714. The van der Waals surface area contributed by atoms with Gasteiger partial charge in [0, 0.05) is 32.6 Å². The van der Waals surface area contributed by atoms with Gasteiger partial charge < -0.3 is 9.64 Å². The van der Waals surface area contributed by atoms with Crippen LogP contribution in [0.4, 0.5) is 5.95 Å². The number of aromatic nitrogens is 3. The fourth-order valence-corrected chi connectivity index (χ4v) is 3.76. The molecule has 0 radical (unpaired) electrons. The van der Waals surface area contributed by atoms with Crippen LogP contribution >= 0.6 is 23.4 Å². The lowest BCUT2D eigenvalue weighted by Gasteiger charge is -2.19. The second-order valence-corrected chi connectivity index (χ2v) is 6.93. The summed E-state index contributed by atoms with van der Waals surface area (Å²) < 4.78 is 7.20. The maximum Gasteiger partial charge on any atom is 0.232 e. The Hall–Kier alpha value is -1.24. The van der Waals surface area contributed by atoms with Crippen LogP contribution in [0.1, 0.15) is 19.3 Å². The van der Waals surface area contributed by atoms with E-state index in [4.69, 9.17) is 16.3 Å². The lowest BCUT2D eigenvalue weighted by molar-refractivity contribution is 0.200. The fraction of sp³-hybridized carbons (Fsp3) is 0.500. The molecule has 124 valence electrons. The monoisotopic (exact) mass is 352 g/mol. The number of hydrogen-bond donors (Lipinski definition) is 0. The average Bonchev–Trinajstić information content (AvgIpc) is 3.21. The number of halogens is 1. The molecule has 0 saturated carbocycles. The Bertz CT molecular complexity index is 643. The van der Waals surface area contributed by atoms with Gasteiger partial charge in [-0.2, -0.15) is 0 Å². The molecule has 0 atom stereocenters. The van der Waals surface area contributed by atoms with Crippen molar-refractivity contribution in [1.29, 1.82) is 0 Å². The van der Waals surface area contributed by atoms with E-state index >= 15 is 0 Å². The molecular formula is C16H21ClN4OS. The smallest absolute Gasteiger partial charge is 0.232 e. The van der Waals surface area contributed by atoms with Crippen LogP contribution < -0.4 is 4.90 Å². The number of thioether (sulfide) groups is 1. The van der Waals surface area contributed by atoms with Gasteiger partial charge in [0.15, 0.2) is 5.16 Å². The number of ether oxygens (including phenoxy) is 1. The number of hydrogen-bond acceptors (Lipinski definition) is 5. The normalized spacial score (nSPS) is 14.6. The van der Waals surface area contributed by atoms with Gasteiger partial charge in [0.25, 0.3) is 0 Å². The molecule has 23 heavy (non-hydrogen) atoms. The molecule has 1 aliphatic rings. The maximum atomic E-state index is 6.43. The number of anilines is 1. The van der Waals surface area contributed by atoms with Crippen LogP contribution in [-0.2, 0) is 4.74 Å². The zero-order valence-corrected chi connectivity index (χ0v) is 14.8. The molecule has 0 unspecified atom stereocenters. The van der Waals surface area contributed by atoms with Gasteiger partial charge in [0.05, 0.1) is 10.7 Å². The van der Waals surface area contributed by atoms with Crippen molar-refractivity contribution in [2.45, 2.75) is 24.4 Å². The van der Waals surface area contributed by atoms with E-state index in [0.29, 0.717) is 5.02 Å². The van der Waals surface area contributed by atoms with Crippen molar-refractivity contribution in [1.82, 2.24) is 14.8 Å². The first-order valence-electron chi connectivity index (χ1n) is 7.88. The molecule has 1 aromatic heterocycles. The van der Waals surface area contributed by atoms with Crippen LogP contribution in [0.15, 0.2) is 29.4 Å². The Morgan fingerprint density at radius 1 is 1.22 bits per heavy atom. The van der Waals surface area contributed by atoms with Crippen LogP contribution in [-0.4, -0.2) is 47.3 Å². The third kappa shape index (κ3) is 3.82. The molecule has 3 rings (SSSR count). The van der Waals surface area contributed by atoms with Crippen LogP contribution in [0.3, 0.4) is 0 Å². The summed E-state index contributed by atoms with van der Waals surface area (Å²) in [6, 6.07) is 7.86. The molecule has 5 nitrogen and oxygen atoms in total. The van der Waals surface area contributed by atoms with Crippen molar-refractivity contribution in [3.05, 3.63) is 29.3 Å². The van der Waals surface area contributed by atoms with E-state index in [-0.39, 0.29) is 0 Å². The van der Waals surface area contributed by atoms with Crippen molar-refractivity contribution in [2.75, 3.05) is 37.5 Å². The summed E-state index contributed by atoms with van der Waals surface area (Å²) in [6.45, 7) is 2.81. The molecular weight excluding hydrogens is 332 g/mol. The van der Waals surface area contributed by atoms with Crippen LogP contribution in [0.2, 0.25) is 5.02 Å². The van der Waals surface area contributed by atoms with Crippen LogP contribution in [0, 0.1) is 0 Å². The lowest BCUT2D eigenvalue weighted by atomic mass is 10.3. The number of para-hydroxylation sites is 1. The predicted molar refractivity (Wildman–Crippen MR) is 95.0 cm³/mol. The third-order valence-corrected chi connectivity index (χ3v) is 5.16. The first kappa shape index (κ1) is 16.6. The topological polar surface area (TPSA) is 43.2 Å². The summed E-state index contributed by atoms with van der Waals surface area (Å²) in [5.41, 5.74) is 0.940. The number of methoxy groups -OCH3 is 1. The molecule has 7 heteroatoms. The molecule has 0 amide bonds. The van der Waals surface area contributed by atoms with Gasteiger partial charge in [-0.1, -0.05) is 35.5 Å². The minimum atomic E-state index is 0.714. The Kier molecular flexibility index (Phi) is 5.80. The molecule has 0 spiro atoms. The van der Waals surface area contributed by atoms with E-state index in [0.717, 1.165) is 48.7 Å². The van der Waals surface area contributed by atoms with Crippen molar-refractivity contribution in [3.63, 3.8) is 0 Å². The van der Waals surface area contributed by atoms with Crippen molar-refractivity contribution in [3.8, 4) is 5.69 Å². The zero-order chi connectivity index (χ0) is 16.1. The highest BCUT2D eigenvalue weighted by Crippen LogP contribution is 2.31. The van der Waals surface area contributed by atoms with Gasteiger partial charge in [0.2, 0.25) is 5.95 Å². The Morgan fingerprint density at radius 3 is 2.74 bits per heavy atom. The molecule has 1 aromatic carbocycles. The van der Waals surface area contributed by atoms with Gasteiger partial charge in [-0.25, -0.2) is 0 Å². The van der Waals surface area contributed by atoms with Crippen LogP contribution in [0.5, 0.6) is 0 Å². The molecule has 2 aromatic rings. The van der Waals surface area contributed by atoms with Gasteiger partial charge in [0.1, 0.15) is 0 Å². The Balaban J connectivity index is 1.91. The highest BCUT2D eigenvalue weighted by molar-refractivity contribution is 7.99. The first-order valence-corrected chi connectivity index (χ1v) is 9.24. The van der Waals surface area contributed by atoms with Crippen molar-refractivity contribution < 1.29 is 4.74 Å². The molecule has 0 aliphatic carbocycles. The molecule has 1 aliphatic heterocycles. The Morgan fingerprint density at radius 2 is 2.00 bits per heavy atom. The highest BCUT2D eigenvalue weighted by Gasteiger charge is 2.23. The van der Waals surface area contributed by atoms with Crippen molar-refractivity contribution >= 4 is 29.3 Å². The van der Waals surface area contributed by atoms with Crippen molar-refractivity contribution in [2.24, 2.45) is 0 Å². The van der Waals surface area contributed by atoms with E-state index in [9.17, 15) is 0 Å².